The van der Waals surface area contributed by atoms with Crippen LogP contribution in [0.1, 0.15) is 32.3 Å². The van der Waals surface area contributed by atoms with Crippen LogP contribution in [0.5, 0.6) is 0 Å². The van der Waals surface area contributed by atoms with Gasteiger partial charge in [-0.2, -0.15) is 4.31 Å². The number of aliphatic carboxylic acids is 1. The van der Waals surface area contributed by atoms with E-state index in [0.29, 0.717) is 0 Å². The standard InChI is InChI=1S/C15H19NO4S/c1-4-5-6-7-13-8-10-14(11-9-13)21(19,20)16(3)12(2)15(17)18/h8-12H,4-5H2,1-3H3,(H,17,18)/t12-/m1/s1. The second-order valence-corrected chi connectivity index (χ2v) is 6.61. The van der Waals surface area contributed by atoms with Gasteiger partial charge in [-0.05, 0) is 37.6 Å². The van der Waals surface area contributed by atoms with E-state index in [1.54, 1.807) is 12.1 Å². The van der Waals surface area contributed by atoms with E-state index in [0.717, 1.165) is 22.7 Å². The lowest BCUT2D eigenvalue weighted by atomic mass is 10.2. The number of sulfonamides is 1. The maximum Gasteiger partial charge on any atom is 0.321 e. The van der Waals surface area contributed by atoms with Crippen LogP contribution in [-0.4, -0.2) is 36.9 Å². The molecule has 0 saturated heterocycles. The third kappa shape index (κ3) is 4.31. The number of carbonyl (C=O) groups is 1. The average molecular weight is 309 g/mol. The van der Waals surface area contributed by atoms with Gasteiger partial charge in [0.15, 0.2) is 0 Å². The maximum atomic E-state index is 12.3. The fourth-order valence-corrected chi connectivity index (χ4v) is 2.85. The number of likely N-dealkylation sites (N-methyl/N-ethyl adjacent to an activating group) is 1. The lowest BCUT2D eigenvalue weighted by molar-refractivity contribution is -0.140. The molecule has 1 aromatic carbocycles. The summed E-state index contributed by atoms with van der Waals surface area (Å²) in [5, 5.41) is 8.90. The van der Waals surface area contributed by atoms with Crippen molar-refractivity contribution < 1.29 is 18.3 Å². The number of unbranched alkanes of at least 4 members (excludes halogenated alkanes) is 1. The summed E-state index contributed by atoms with van der Waals surface area (Å²) in [5.74, 6) is 4.73. The number of hydrogen-bond acceptors (Lipinski definition) is 3. The summed E-state index contributed by atoms with van der Waals surface area (Å²) in [6.07, 6.45) is 1.76. The van der Waals surface area contributed by atoms with Gasteiger partial charge in [-0.15, -0.1) is 0 Å². The van der Waals surface area contributed by atoms with Crippen molar-refractivity contribution in [1.29, 1.82) is 0 Å². The molecular weight excluding hydrogens is 290 g/mol. The molecule has 114 valence electrons. The first kappa shape index (κ1) is 17.2. The number of nitrogens with zero attached hydrogens (tertiary/aromatic N) is 1. The SMILES string of the molecule is CCCC#Cc1ccc(S(=O)(=O)N(C)[C@H](C)C(=O)O)cc1. The van der Waals surface area contributed by atoms with Gasteiger partial charge in [0.25, 0.3) is 0 Å². The first-order valence-electron chi connectivity index (χ1n) is 6.60. The van der Waals surface area contributed by atoms with Gasteiger partial charge in [-0.1, -0.05) is 18.8 Å². The fraction of sp³-hybridized carbons (Fsp3) is 0.400. The van der Waals surface area contributed by atoms with E-state index in [1.807, 2.05) is 6.92 Å². The predicted octanol–water partition coefficient (Wildman–Crippen LogP) is 1.93. The van der Waals surface area contributed by atoms with Crippen molar-refractivity contribution in [2.75, 3.05) is 7.05 Å². The van der Waals surface area contributed by atoms with E-state index in [4.69, 9.17) is 5.11 Å². The Morgan fingerprint density at radius 1 is 1.33 bits per heavy atom. The molecular formula is C15H19NO4S. The van der Waals surface area contributed by atoms with Crippen molar-refractivity contribution in [3.8, 4) is 11.8 Å². The fourth-order valence-electron chi connectivity index (χ4n) is 1.53. The monoisotopic (exact) mass is 309 g/mol. The lowest BCUT2D eigenvalue weighted by Crippen LogP contribution is -2.40. The van der Waals surface area contributed by atoms with Crippen LogP contribution in [0, 0.1) is 11.8 Å². The molecule has 0 saturated carbocycles. The largest absolute Gasteiger partial charge is 0.480 e. The Labute approximate surface area is 125 Å². The van der Waals surface area contributed by atoms with Crippen molar-refractivity contribution in [1.82, 2.24) is 4.31 Å². The molecule has 0 aliphatic carbocycles. The number of carboxylic acids is 1. The molecule has 1 rings (SSSR count). The van der Waals surface area contributed by atoms with E-state index >= 15 is 0 Å². The Hall–Kier alpha value is -1.84. The van der Waals surface area contributed by atoms with Crippen LogP contribution in [0.25, 0.3) is 0 Å². The highest BCUT2D eigenvalue weighted by atomic mass is 32.2. The van der Waals surface area contributed by atoms with E-state index in [-0.39, 0.29) is 4.90 Å². The van der Waals surface area contributed by atoms with Gasteiger partial charge in [0.2, 0.25) is 10.0 Å². The minimum atomic E-state index is -3.82. The van der Waals surface area contributed by atoms with Gasteiger partial charge in [0.1, 0.15) is 6.04 Å². The summed E-state index contributed by atoms with van der Waals surface area (Å²) in [4.78, 5) is 10.9. The van der Waals surface area contributed by atoms with Gasteiger partial charge in [-0.3, -0.25) is 4.79 Å². The van der Waals surface area contributed by atoms with Crippen LogP contribution in [0.3, 0.4) is 0 Å². The minimum absolute atomic E-state index is 0.0548. The highest BCUT2D eigenvalue weighted by Crippen LogP contribution is 2.17. The summed E-state index contributed by atoms with van der Waals surface area (Å²) >= 11 is 0. The van der Waals surface area contributed by atoms with Gasteiger partial charge >= 0.3 is 5.97 Å². The molecule has 1 aromatic rings. The Balaban J connectivity index is 3.01. The highest BCUT2D eigenvalue weighted by Gasteiger charge is 2.29. The Morgan fingerprint density at radius 2 is 1.90 bits per heavy atom. The summed E-state index contributed by atoms with van der Waals surface area (Å²) < 4.78 is 25.4. The molecule has 0 fully saturated rings. The van der Waals surface area contributed by atoms with Crippen LogP contribution < -0.4 is 0 Å². The van der Waals surface area contributed by atoms with Crippen molar-refractivity contribution in [3.63, 3.8) is 0 Å². The Kier molecular flexibility index (Phi) is 5.94. The zero-order chi connectivity index (χ0) is 16.0. The van der Waals surface area contributed by atoms with Crippen LogP contribution in [0.4, 0.5) is 0 Å². The van der Waals surface area contributed by atoms with Crippen molar-refractivity contribution in [3.05, 3.63) is 29.8 Å². The first-order valence-corrected chi connectivity index (χ1v) is 8.04. The molecule has 1 N–H and O–H groups in total. The van der Waals surface area contributed by atoms with Crippen molar-refractivity contribution >= 4 is 16.0 Å². The third-order valence-electron chi connectivity index (χ3n) is 3.04. The number of rotatable bonds is 5. The van der Waals surface area contributed by atoms with Gasteiger partial charge in [0, 0.05) is 19.0 Å². The predicted molar refractivity (Wildman–Crippen MR) is 80.3 cm³/mol. The lowest BCUT2D eigenvalue weighted by Gasteiger charge is -2.20. The summed E-state index contributed by atoms with van der Waals surface area (Å²) in [7, 11) is -2.57. The smallest absolute Gasteiger partial charge is 0.321 e. The molecule has 0 unspecified atom stereocenters. The summed E-state index contributed by atoms with van der Waals surface area (Å²) in [6, 6.07) is 5.00. The molecule has 0 aliphatic rings. The second kappa shape index (κ2) is 7.25. The quantitative estimate of drug-likeness (QED) is 0.843. The minimum Gasteiger partial charge on any atom is -0.480 e. The number of hydrogen-bond donors (Lipinski definition) is 1. The molecule has 0 aliphatic heterocycles. The average Bonchev–Trinajstić information content (AvgIpc) is 2.46. The molecule has 1 atom stereocenters. The Morgan fingerprint density at radius 3 is 2.38 bits per heavy atom. The van der Waals surface area contributed by atoms with E-state index < -0.39 is 22.0 Å². The van der Waals surface area contributed by atoms with E-state index in [2.05, 4.69) is 11.8 Å². The van der Waals surface area contributed by atoms with E-state index in [9.17, 15) is 13.2 Å². The van der Waals surface area contributed by atoms with Crippen molar-refractivity contribution in [2.45, 2.75) is 37.6 Å². The normalized spacial score (nSPS) is 12.6. The molecule has 0 spiro atoms. The third-order valence-corrected chi connectivity index (χ3v) is 4.98. The van der Waals surface area contributed by atoms with Gasteiger partial charge in [0.05, 0.1) is 4.90 Å². The number of benzene rings is 1. The van der Waals surface area contributed by atoms with Gasteiger partial charge in [-0.25, -0.2) is 8.42 Å². The molecule has 21 heavy (non-hydrogen) atoms. The van der Waals surface area contributed by atoms with E-state index in [1.165, 1.54) is 26.1 Å². The molecule has 0 amide bonds. The van der Waals surface area contributed by atoms with Crippen LogP contribution in [-0.2, 0) is 14.8 Å². The molecule has 0 radical (unpaired) electrons. The van der Waals surface area contributed by atoms with Crippen LogP contribution in [0.2, 0.25) is 0 Å². The topological polar surface area (TPSA) is 74.7 Å². The molecule has 6 heteroatoms. The molecule has 0 heterocycles. The highest BCUT2D eigenvalue weighted by molar-refractivity contribution is 7.89. The molecule has 0 aromatic heterocycles. The Bertz CT molecular complexity index is 653. The molecule has 0 bridgehead atoms. The zero-order valence-electron chi connectivity index (χ0n) is 12.3. The number of carboxylic acid groups (broad SMARTS) is 1. The summed E-state index contributed by atoms with van der Waals surface area (Å²) in [6.45, 7) is 3.36. The zero-order valence-corrected chi connectivity index (χ0v) is 13.1. The van der Waals surface area contributed by atoms with Crippen molar-refractivity contribution in [2.24, 2.45) is 0 Å². The maximum absolute atomic E-state index is 12.3. The second-order valence-electron chi connectivity index (χ2n) is 4.61. The summed E-state index contributed by atoms with van der Waals surface area (Å²) in [5.41, 5.74) is 0.733. The first-order chi connectivity index (χ1) is 9.80. The molecule has 5 nitrogen and oxygen atoms in total. The van der Waals surface area contributed by atoms with Gasteiger partial charge < -0.3 is 5.11 Å². The van der Waals surface area contributed by atoms with Crippen LogP contribution >= 0.6 is 0 Å². The van der Waals surface area contributed by atoms with Crippen LogP contribution in [0.15, 0.2) is 29.2 Å².